The molecule has 0 saturated carbocycles. The van der Waals surface area contributed by atoms with Crippen molar-refractivity contribution in [1.82, 2.24) is 0 Å². The highest BCUT2D eigenvalue weighted by Crippen LogP contribution is 2.28. The van der Waals surface area contributed by atoms with Gasteiger partial charge >= 0.3 is 6.16 Å². The maximum atomic E-state index is 10.3. The first kappa shape index (κ1) is 12.8. The predicted octanol–water partition coefficient (Wildman–Crippen LogP) is 3.10. The molecule has 0 heterocycles. The third kappa shape index (κ3) is 3.67. The molecule has 0 bridgehead atoms. The van der Waals surface area contributed by atoms with Gasteiger partial charge in [-0.15, -0.1) is 0 Å². The van der Waals surface area contributed by atoms with Gasteiger partial charge < -0.3 is 14.6 Å². The highest BCUT2D eigenvalue weighted by Gasteiger charge is 2.10. The van der Waals surface area contributed by atoms with Gasteiger partial charge in [0.05, 0.1) is 10.7 Å². The van der Waals surface area contributed by atoms with Crippen LogP contribution in [0.4, 0.5) is 4.79 Å². The summed E-state index contributed by atoms with van der Waals surface area (Å²) in [5, 5.41) is 8.41. The topological polar surface area (TPSA) is 55.8 Å². The second-order valence-electron chi connectivity index (χ2n) is 2.63. The van der Waals surface area contributed by atoms with Crippen LogP contribution in [0.2, 0.25) is 0 Å². The molecule has 0 amide bonds. The highest BCUT2D eigenvalue weighted by atomic mass is 127. The standard InChI is InChI=1S/C9H8I2O4/c1-14-8-5(4-15-9(12)13)2-6(10)3-7(8)11/h2-3H,4H2,1H3,(H,12,13). The summed E-state index contributed by atoms with van der Waals surface area (Å²) >= 11 is 4.29. The van der Waals surface area contributed by atoms with E-state index in [0.29, 0.717) is 5.75 Å². The summed E-state index contributed by atoms with van der Waals surface area (Å²) in [4.78, 5) is 10.3. The lowest BCUT2D eigenvalue weighted by Crippen LogP contribution is -2.03. The number of carbonyl (C=O) groups is 1. The molecule has 0 aliphatic rings. The quantitative estimate of drug-likeness (QED) is 0.588. The molecule has 0 aromatic heterocycles. The molecule has 0 saturated heterocycles. The van der Waals surface area contributed by atoms with Crippen molar-refractivity contribution in [2.75, 3.05) is 7.11 Å². The van der Waals surface area contributed by atoms with Gasteiger partial charge in [0.15, 0.2) is 0 Å². The number of methoxy groups -OCH3 is 1. The molecular weight excluding hydrogens is 426 g/mol. The predicted molar refractivity (Wildman–Crippen MR) is 71.2 cm³/mol. The van der Waals surface area contributed by atoms with Gasteiger partial charge in [-0.1, -0.05) is 0 Å². The van der Waals surface area contributed by atoms with E-state index < -0.39 is 6.16 Å². The molecule has 4 nitrogen and oxygen atoms in total. The largest absolute Gasteiger partial charge is 0.506 e. The second kappa shape index (κ2) is 5.73. The number of rotatable bonds is 3. The molecule has 1 aromatic rings. The Morgan fingerprint density at radius 2 is 2.13 bits per heavy atom. The number of halogens is 2. The first-order valence-electron chi connectivity index (χ1n) is 3.92. The van der Waals surface area contributed by atoms with Crippen molar-refractivity contribution < 1.29 is 19.4 Å². The van der Waals surface area contributed by atoms with Gasteiger partial charge in [0, 0.05) is 9.13 Å². The average Bonchev–Trinajstić information content (AvgIpc) is 2.13. The zero-order chi connectivity index (χ0) is 11.4. The molecule has 0 atom stereocenters. The summed E-state index contributed by atoms with van der Waals surface area (Å²) in [6.07, 6.45) is -1.29. The fourth-order valence-corrected chi connectivity index (χ4v) is 3.27. The zero-order valence-electron chi connectivity index (χ0n) is 7.79. The third-order valence-electron chi connectivity index (χ3n) is 1.64. The summed E-state index contributed by atoms with van der Waals surface area (Å²) < 4.78 is 11.6. The van der Waals surface area contributed by atoms with Crippen molar-refractivity contribution in [2.45, 2.75) is 6.61 Å². The van der Waals surface area contributed by atoms with E-state index in [1.807, 2.05) is 12.1 Å². The van der Waals surface area contributed by atoms with Crippen LogP contribution in [-0.4, -0.2) is 18.4 Å². The number of hydrogen-bond donors (Lipinski definition) is 1. The maximum absolute atomic E-state index is 10.3. The Morgan fingerprint density at radius 1 is 1.47 bits per heavy atom. The van der Waals surface area contributed by atoms with Crippen molar-refractivity contribution >= 4 is 51.3 Å². The van der Waals surface area contributed by atoms with Crippen LogP contribution >= 0.6 is 45.2 Å². The van der Waals surface area contributed by atoms with Gasteiger partial charge in [-0.3, -0.25) is 0 Å². The number of ether oxygens (including phenoxy) is 2. The monoisotopic (exact) mass is 434 g/mol. The molecule has 0 unspecified atom stereocenters. The zero-order valence-corrected chi connectivity index (χ0v) is 12.1. The van der Waals surface area contributed by atoms with E-state index in [1.165, 1.54) is 0 Å². The highest BCUT2D eigenvalue weighted by molar-refractivity contribution is 14.1. The molecule has 0 aliphatic heterocycles. The first-order valence-corrected chi connectivity index (χ1v) is 6.08. The minimum atomic E-state index is -1.29. The molecule has 82 valence electrons. The van der Waals surface area contributed by atoms with Crippen LogP contribution < -0.4 is 4.74 Å². The fraction of sp³-hybridized carbons (Fsp3) is 0.222. The second-order valence-corrected chi connectivity index (χ2v) is 5.04. The van der Waals surface area contributed by atoms with Crippen molar-refractivity contribution in [1.29, 1.82) is 0 Å². The van der Waals surface area contributed by atoms with Gasteiger partial charge in [0.1, 0.15) is 12.4 Å². The fourth-order valence-electron chi connectivity index (χ4n) is 1.09. The summed E-state index contributed by atoms with van der Waals surface area (Å²) in [5.41, 5.74) is 0.733. The Balaban J connectivity index is 2.98. The van der Waals surface area contributed by atoms with Crippen molar-refractivity contribution in [3.63, 3.8) is 0 Å². The Morgan fingerprint density at radius 3 is 2.67 bits per heavy atom. The molecule has 0 aliphatic carbocycles. The van der Waals surface area contributed by atoms with E-state index in [1.54, 1.807) is 7.11 Å². The SMILES string of the molecule is COc1c(I)cc(I)cc1COC(=O)O. The van der Waals surface area contributed by atoms with Crippen LogP contribution in [0, 0.1) is 7.14 Å². The summed E-state index contributed by atoms with van der Waals surface area (Å²) in [5.74, 6) is 0.664. The Kier molecular flexibility index (Phi) is 4.90. The number of benzene rings is 1. The molecule has 0 radical (unpaired) electrons. The lowest BCUT2D eigenvalue weighted by atomic mass is 10.2. The Labute approximate surface area is 114 Å². The van der Waals surface area contributed by atoms with Crippen LogP contribution in [0.5, 0.6) is 5.75 Å². The number of carboxylic acid groups (broad SMARTS) is 1. The van der Waals surface area contributed by atoms with E-state index in [-0.39, 0.29) is 6.61 Å². The van der Waals surface area contributed by atoms with Gasteiger partial charge in [0.25, 0.3) is 0 Å². The molecule has 6 heteroatoms. The Bertz CT molecular complexity index is 379. The molecule has 0 spiro atoms. The van der Waals surface area contributed by atoms with Crippen LogP contribution in [0.15, 0.2) is 12.1 Å². The Hall–Kier alpha value is -0.250. The molecule has 1 N–H and O–H groups in total. The normalized spacial score (nSPS) is 9.80. The minimum Gasteiger partial charge on any atom is -0.495 e. The molecule has 1 aromatic carbocycles. The first-order chi connectivity index (χ1) is 7.04. The lowest BCUT2D eigenvalue weighted by Gasteiger charge is -2.10. The van der Waals surface area contributed by atoms with Gasteiger partial charge in [-0.05, 0) is 57.3 Å². The van der Waals surface area contributed by atoms with Crippen molar-refractivity contribution in [3.05, 3.63) is 24.8 Å². The van der Waals surface area contributed by atoms with Gasteiger partial charge in [-0.2, -0.15) is 0 Å². The van der Waals surface area contributed by atoms with Gasteiger partial charge in [-0.25, -0.2) is 4.79 Å². The third-order valence-corrected chi connectivity index (χ3v) is 3.06. The molecule has 15 heavy (non-hydrogen) atoms. The van der Waals surface area contributed by atoms with Crippen LogP contribution in [0.3, 0.4) is 0 Å². The van der Waals surface area contributed by atoms with E-state index in [0.717, 1.165) is 12.7 Å². The van der Waals surface area contributed by atoms with Crippen molar-refractivity contribution in [2.24, 2.45) is 0 Å². The molecule has 1 rings (SSSR count). The number of hydrogen-bond acceptors (Lipinski definition) is 3. The van der Waals surface area contributed by atoms with Crippen molar-refractivity contribution in [3.8, 4) is 5.75 Å². The lowest BCUT2D eigenvalue weighted by molar-refractivity contribution is 0.0847. The van der Waals surface area contributed by atoms with E-state index in [4.69, 9.17) is 9.84 Å². The smallest absolute Gasteiger partial charge is 0.495 e. The summed E-state index contributed by atoms with van der Waals surface area (Å²) in [7, 11) is 1.55. The van der Waals surface area contributed by atoms with E-state index >= 15 is 0 Å². The van der Waals surface area contributed by atoms with E-state index in [2.05, 4.69) is 49.9 Å². The average molecular weight is 434 g/mol. The minimum absolute atomic E-state index is 0.00531. The summed E-state index contributed by atoms with van der Waals surface area (Å²) in [6, 6.07) is 3.79. The van der Waals surface area contributed by atoms with Crippen LogP contribution in [-0.2, 0) is 11.3 Å². The molecular formula is C9H8I2O4. The van der Waals surface area contributed by atoms with Gasteiger partial charge in [0.2, 0.25) is 0 Å². The van der Waals surface area contributed by atoms with E-state index in [9.17, 15) is 4.79 Å². The maximum Gasteiger partial charge on any atom is 0.506 e. The van der Waals surface area contributed by atoms with Crippen LogP contribution in [0.1, 0.15) is 5.56 Å². The molecule has 0 fully saturated rings. The summed E-state index contributed by atoms with van der Waals surface area (Å²) in [6.45, 7) is 0.00531. The van der Waals surface area contributed by atoms with Crippen LogP contribution in [0.25, 0.3) is 0 Å².